The number of carbonyl (C=O) groups is 1. The summed E-state index contributed by atoms with van der Waals surface area (Å²) in [6.07, 6.45) is 0. The Morgan fingerprint density at radius 2 is 1.82 bits per heavy atom. The highest BCUT2D eigenvalue weighted by molar-refractivity contribution is 6.30. The SMILES string of the molecule is CN=C(NCc1ccc(C(N)=O)cc1)N1CCN(c2cc(Cl)ccc2C)CC1. The Morgan fingerprint density at radius 3 is 2.43 bits per heavy atom. The molecule has 0 aliphatic carbocycles. The second kappa shape index (κ2) is 8.97. The maximum absolute atomic E-state index is 11.2. The van der Waals surface area contributed by atoms with Crippen molar-refractivity contribution in [2.24, 2.45) is 10.7 Å². The molecule has 148 valence electrons. The van der Waals surface area contributed by atoms with Crippen LogP contribution in [0.1, 0.15) is 21.5 Å². The van der Waals surface area contributed by atoms with Crippen molar-refractivity contribution in [1.29, 1.82) is 0 Å². The highest BCUT2D eigenvalue weighted by Crippen LogP contribution is 2.25. The van der Waals surface area contributed by atoms with Gasteiger partial charge in [-0.2, -0.15) is 0 Å². The molecule has 28 heavy (non-hydrogen) atoms. The van der Waals surface area contributed by atoms with Gasteiger partial charge in [0.2, 0.25) is 5.91 Å². The Kier molecular flexibility index (Phi) is 6.41. The number of guanidine groups is 1. The van der Waals surface area contributed by atoms with Crippen LogP contribution in [-0.4, -0.2) is 50.0 Å². The van der Waals surface area contributed by atoms with Crippen molar-refractivity contribution in [2.45, 2.75) is 13.5 Å². The summed E-state index contributed by atoms with van der Waals surface area (Å²) in [5, 5.41) is 4.17. The molecule has 0 radical (unpaired) electrons. The van der Waals surface area contributed by atoms with Crippen LogP contribution in [0.2, 0.25) is 5.02 Å². The molecule has 6 nitrogen and oxygen atoms in total. The van der Waals surface area contributed by atoms with Gasteiger partial charge in [0, 0.05) is 56.0 Å². The third-order valence-electron chi connectivity index (χ3n) is 4.99. The summed E-state index contributed by atoms with van der Waals surface area (Å²) in [6.45, 7) is 6.34. The average Bonchev–Trinajstić information content (AvgIpc) is 2.71. The van der Waals surface area contributed by atoms with Gasteiger partial charge in [-0.15, -0.1) is 0 Å². The van der Waals surface area contributed by atoms with E-state index in [9.17, 15) is 4.79 Å². The number of aryl methyl sites for hydroxylation is 1. The Bertz CT molecular complexity index is 858. The Hall–Kier alpha value is -2.73. The smallest absolute Gasteiger partial charge is 0.248 e. The van der Waals surface area contributed by atoms with E-state index in [0.717, 1.165) is 42.7 Å². The molecule has 2 aromatic carbocycles. The molecule has 0 atom stereocenters. The number of carbonyl (C=O) groups excluding carboxylic acids is 1. The first-order valence-electron chi connectivity index (χ1n) is 9.33. The number of piperazine rings is 1. The fraction of sp³-hybridized carbons (Fsp3) is 0.333. The highest BCUT2D eigenvalue weighted by Gasteiger charge is 2.21. The van der Waals surface area contributed by atoms with Gasteiger partial charge in [-0.05, 0) is 42.3 Å². The lowest BCUT2D eigenvalue weighted by Gasteiger charge is -2.38. The van der Waals surface area contributed by atoms with Gasteiger partial charge in [0.25, 0.3) is 0 Å². The molecule has 1 saturated heterocycles. The minimum Gasteiger partial charge on any atom is -0.368 e. The maximum Gasteiger partial charge on any atom is 0.248 e. The lowest BCUT2D eigenvalue weighted by molar-refractivity contribution is 0.100. The quantitative estimate of drug-likeness (QED) is 0.612. The molecule has 0 saturated carbocycles. The van der Waals surface area contributed by atoms with Crippen molar-refractivity contribution >= 4 is 29.2 Å². The summed E-state index contributed by atoms with van der Waals surface area (Å²) < 4.78 is 0. The van der Waals surface area contributed by atoms with E-state index in [1.807, 2.05) is 24.3 Å². The topological polar surface area (TPSA) is 74.0 Å². The number of hydrogen-bond donors (Lipinski definition) is 2. The number of rotatable bonds is 4. The van der Waals surface area contributed by atoms with Crippen molar-refractivity contribution in [3.05, 3.63) is 64.2 Å². The van der Waals surface area contributed by atoms with Gasteiger partial charge in [0.15, 0.2) is 5.96 Å². The zero-order chi connectivity index (χ0) is 20.1. The van der Waals surface area contributed by atoms with Gasteiger partial charge < -0.3 is 20.9 Å². The molecule has 3 rings (SSSR count). The van der Waals surface area contributed by atoms with E-state index in [1.165, 1.54) is 11.3 Å². The van der Waals surface area contributed by atoms with Crippen molar-refractivity contribution in [1.82, 2.24) is 10.2 Å². The van der Waals surface area contributed by atoms with Crippen LogP contribution in [-0.2, 0) is 6.54 Å². The first-order chi connectivity index (χ1) is 13.5. The molecule has 3 N–H and O–H groups in total. The van der Waals surface area contributed by atoms with E-state index >= 15 is 0 Å². The van der Waals surface area contributed by atoms with Crippen molar-refractivity contribution in [3.63, 3.8) is 0 Å². The minimum atomic E-state index is -0.414. The molecular formula is C21H26ClN5O. The number of hydrogen-bond acceptors (Lipinski definition) is 3. The van der Waals surface area contributed by atoms with E-state index in [4.69, 9.17) is 17.3 Å². The Morgan fingerprint density at radius 1 is 1.14 bits per heavy atom. The maximum atomic E-state index is 11.2. The van der Waals surface area contributed by atoms with E-state index in [-0.39, 0.29) is 0 Å². The summed E-state index contributed by atoms with van der Waals surface area (Å²) in [4.78, 5) is 20.2. The van der Waals surface area contributed by atoms with Crippen molar-refractivity contribution in [3.8, 4) is 0 Å². The van der Waals surface area contributed by atoms with Crippen LogP contribution >= 0.6 is 11.6 Å². The zero-order valence-electron chi connectivity index (χ0n) is 16.3. The Labute approximate surface area is 171 Å². The largest absolute Gasteiger partial charge is 0.368 e. The standard InChI is InChI=1S/C21H26ClN5O/c1-15-3-8-18(22)13-19(15)26-9-11-27(12-10-26)21(24-2)25-14-16-4-6-17(7-5-16)20(23)28/h3-8,13H,9-12,14H2,1-2H3,(H2,23,28)(H,24,25). The zero-order valence-corrected chi connectivity index (χ0v) is 17.0. The van der Waals surface area contributed by atoms with E-state index in [0.29, 0.717) is 12.1 Å². The van der Waals surface area contributed by atoms with Crippen LogP contribution < -0.4 is 16.0 Å². The molecule has 0 aromatic heterocycles. The van der Waals surface area contributed by atoms with Crippen molar-refractivity contribution in [2.75, 3.05) is 38.1 Å². The summed E-state index contributed by atoms with van der Waals surface area (Å²) in [7, 11) is 1.80. The van der Waals surface area contributed by atoms with Gasteiger partial charge in [-0.1, -0.05) is 29.8 Å². The molecule has 1 heterocycles. The fourth-order valence-electron chi connectivity index (χ4n) is 3.38. The first-order valence-corrected chi connectivity index (χ1v) is 9.71. The molecule has 0 spiro atoms. The minimum absolute atomic E-state index is 0.414. The number of anilines is 1. The number of halogens is 1. The van der Waals surface area contributed by atoms with Crippen LogP contribution in [0, 0.1) is 6.92 Å². The van der Waals surface area contributed by atoms with Crippen LogP contribution in [0.5, 0.6) is 0 Å². The van der Waals surface area contributed by atoms with Crippen LogP contribution in [0.15, 0.2) is 47.5 Å². The van der Waals surface area contributed by atoms with Crippen LogP contribution in [0.3, 0.4) is 0 Å². The van der Waals surface area contributed by atoms with Gasteiger partial charge in [0.05, 0.1) is 0 Å². The number of primary amides is 1. The molecule has 1 aliphatic heterocycles. The monoisotopic (exact) mass is 399 g/mol. The molecule has 1 fully saturated rings. The number of benzene rings is 2. The van der Waals surface area contributed by atoms with E-state index in [1.54, 1.807) is 19.2 Å². The Balaban J connectivity index is 1.56. The first kappa shape index (κ1) is 20.0. The van der Waals surface area contributed by atoms with Crippen molar-refractivity contribution < 1.29 is 4.79 Å². The lowest BCUT2D eigenvalue weighted by atomic mass is 10.1. The molecule has 2 aromatic rings. The molecule has 1 aliphatic rings. The van der Waals surface area contributed by atoms with E-state index in [2.05, 4.69) is 33.1 Å². The van der Waals surface area contributed by atoms with Gasteiger partial charge in [-0.3, -0.25) is 9.79 Å². The molecule has 0 unspecified atom stereocenters. The van der Waals surface area contributed by atoms with E-state index < -0.39 is 5.91 Å². The number of amides is 1. The molecule has 7 heteroatoms. The van der Waals surface area contributed by atoms with Gasteiger partial charge >= 0.3 is 0 Å². The average molecular weight is 400 g/mol. The molecule has 0 bridgehead atoms. The summed E-state index contributed by atoms with van der Waals surface area (Å²) in [5.41, 5.74) is 9.30. The third-order valence-corrected chi connectivity index (χ3v) is 5.23. The van der Waals surface area contributed by atoms with Crippen LogP contribution in [0.25, 0.3) is 0 Å². The summed E-state index contributed by atoms with van der Waals surface area (Å²) in [6, 6.07) is 13.3. The van der Waals surface area contributed by atoms with Gasteiger partial charge in [-0.25, -0.2) is 0 Å². The summed E-state index contributed by atoms with van der Waals surface area (Å²) >= 11 is 6.17. The summed E-state index contributed by atoms with van der Waals surface area (Å²) in [5.74, 6) is 0.463. The predicted molar refractivity (Wildman–Crippen MR) is 115 cm³/mol. The normalized spacial score (nSPS) is 14.9. The number of aliphatic imine (C=N–C) groups is 1. The number of nitrogens with two attached hydrogens (primary N) is 1. The fourth-order valence-corrected chi connectivity index (χ4v) is 3.55. The number of nitrogens with one attached hydrogen (secondary N) is 1. The van der Waals surface area contributed by atoms with Gasteiger partial charge in [0.1, 0.15) is 0 Å². The van der Waals surface area contributed by atoms with Crippen LogP contribution in [0.4, 0.5) is 5.69 Å². The second-order valence-corrected chi connectivity index (χ2v) is 7.30. The third kappa shape index (κ3) is 4.75. The predicted octanol–water partition coefficient (Wildman–Crippen LogP) is 2.64. The number of nitrogens with zero attached hydrogens (tertiary/aromatic N) is 3. The second-order valence-electron chi connectivity index (χ2n) is 6.87. The lowest BCUT2D eigenvalue weighted by Crippen LogP contribution is -2.52. The molecular weight excluding hydrogens is 374 g/mol. The molecule has 1 amide bonds. The highest BCUT2D eigenvalue weighted by atomic mass is 35.5.